The fraction of sp³-hybridized carbons (Fsp3) is 0.467. The molecule has 1 saturated carbocycles. The normalized spacial score (nSPS) is 21.1. The molecule has 0 unspecified atom stereocenters. The van der Waals surface area contributed by atoms with Crippen molar-refractivity contribution in [1.82, 2.24) is 0 Å². The first-order valence-corrected chi connectivity index (χ1v) is 6.47. The first-order valence-electron chi connectivity index (χ1n) is 6.47. The Morgan fingerprint density at radius 3 is 2.39 bits per heavy atom. The van der Waals surface area contributed by atoms with Crippen LogP contribution in [0.3, 0.4) is 0 Å². The Bertz CT molecular complexity index is 441. The van der Waals surface area contributed by atoms with Gasteiger partial charge in [-0.15, -0.1) is 0 Å². The third-order valence-electron chi connectivity index (χ3n) is 3.68. The van der Waals surface area contributed by atoms with Gasteiger partial charge in [0.25, 0.3) is 0 Å². The fourth-order valence-corrected chi connectivity index (χ4v) is 2.71. The maximum Gasteiger partial charge on any atom is 0.129 e. The van der Waals surface area contributed by atoms with E-state index in [0.29, 0.717) is 6.61 Å². The first-order chi connectivity index (χ1) is 8.80. The molecule has 0 radical (unpaired) electrons. The molecule has 1 spiro atoms. The largest absolute Gasteiger partial charge is 0.497 e. The minimum atomic E-state index is -0.0260. The number of methoxy groups -OCH3 is 1. The lowest BCUT2D eigenvalue weighted by molar-refractivity contribution is 0.0257. The van der Waals surface area contributed by atoms with Crippen LogP contribution < -0.4 is 9.47 Å². The van der Waals surface area contributed by atoms with Crippen molar-refractivity contribution >= 4 is 0 Å². The van der Waals surface area contributed by atoms with E-state index >= 15 is 0 Å². The zero-order valence-electron chi connectivity index (χ0n) is 10.6. The number of benzene rings is 1. The highest BCUT2D eigenvalue weighted by molar-refractivity contribution is 5.33. The van der Waals surface area contributed by atoms with Crippen molar-refractivity contribution in [3.05, 3.63) is 36.1 Å². The van der Waals surface area contributed by atoms with E-state index in [9.17, 15) is 0 Å². The van der Waals surface area contributed by atoms with Gasteiger partial charge in [-0.25, -0.2) is 0 Å². The topological polar surface area (TPSA) is 27.7 Å². The molecule has 1 aromatic carbocycles. The second kappa shape index (κ2) is 4.65. The molecule has 18 heavy (non-hydrogen) atoms. The lowest BCUT2D eigenvalue weighted by atomic mass is 10.0. The summed E-state index contributed by atoms with van der Waals surface area (Å²) in [4.78, 5) is 0. The standard InChI is InChI=1S/C15H18O3/c1-16-12-4-6-13(7-5-12)18-14-10-15(17-11-14)8-2-3-9-15/h4-7,10H,2-3,8-9,11H2,1H3. The average Bonchev–Trinajstić information content (AvgIpc) is 3.02. The van der Waals surface area contributed by atoms with Crippen molar-refractivity contribution in [3.8, 4) is 11.5 Å². The Kier molecular flexibility index (Phi) is 3.00. The average molecular weight is 246 g/mol. The van der Waals surface area contributed by atoms with Crippen LogP contribution >= 0.6 is 0 Å². The summed E-state index contributed by atoms with van der Waals surface area (Å²) in [6.45, 7) is 0.589. The molecular weight excluding hydrogens is 228 g/mol. The lowest BCUT2D eigenvalue weighted by Crippen LogP contribution is -2.21. The highest BCUT2D eigenvalue weighted by Crippen LogP contribution is 2.39. The highest BCUT2D eigenvalue weighted by atomic mass is 16.6. The molecule has 1 aromatic rings. The summed E-state index contributed by atoms with van der Waals surface area (Å²) >= 11 is 0. The molecule has 0 bridgehead atoms. The molecule has 3 heteroatoms. The summed E-state index contributed by atoms with van der Waals surface area (Å²) in [5.74, 6) is 2.61. The van der Waals surface area contributed by atoms with Crippen molar-refractivity contribution in [2.75, 3.05) is 13.7 Å². The quantitative estimate of drug-likeness (QED) is 0.819. The van der Waals surface area contributed by atoms with Crippen molar-refractivity contribution in [3.63, 3.8) is 0 Å². The molecule has 1 heterocycles. The SMILES string of the molecule is COc1ccc(OC2=CC3(CCCC3)OC2)cc1. The van der Waals surface area contributed by atoms with Crippen LogP contribution in [0.4, 0.5) is 0 Å². The van der Waals surface area contributed by atoms with Crippen LogP contribution in [0.25, 0.3) is 0 Å². The summed E-state index contributed by atoms with van der Waals surface area (Å²) < 4.78 is 16.9. The molecule has 0 aromatic heterocycles. The van der Waals surface area contributed by atoms with Gasteiger partial charge in [0.05, 0.1) is 12.7 Å². The summed E-state index contributed by atoms with van der Waals surface area (Å²) in [6.07, 6.45) is 6.94. The van der Waals surface area contributed by atoms with Crippen LogP contribution in [0, 0.1) is 0 Å². The molecule has 0 N–H and O–H groups in total. The van der Waals surface area contributed by atoms with Gasteiger partial charge in [0, 0.05) is 0 Å². The van der Waals surface area contributed by atoms with Gasteiger partial charge in [-0.05, 0) is 43.2 Å². The molecule has 1 aliphatic heterocycles. The Labute approximate surface area is 107 Å². The molecule has 0 amide bonds. The van der Waals surface area contributed by atoms with Crippen molar-refractivity contribution in [2.24, 2.45) is 0 Å². The third kappa shape index (κ3) is 2.23. The van der Waals surface area contributed by atoms with Gasteiger partial charge in [-0.2, -0.15) is 0 Å². The van der Waals surface area contributed by atoms with Gasteiger partial charge in [0.15, 0.2) is 0 Å². The number of rotatable bonds is 3. The fourth-order valence-electron chi connectivity index (χ4n) is 2.71. The van der Waals surface area contributed by atoms with Crippen LogP contribution in [-0.4, -0.2) is 19.3 Å². The van der Waals surface area contributed by atoms with E-state index in [1.165, 1.54) is 12.8 Å². The van der Waals surface area contributed by atoms with Crippen molar-refractivity contribution in [1.29, 1.82) is 0 Å². The van der Waals surface area contributed by atoms with Gasteiger partial charge in [-0.1, -0.05) is 12.8 Å². The van der Waals surface area contributed by atoms with E-state index in [-0.39, 0.29) is 5.60 Å². The Morgan fingerprint density at radius 1 is 1.06 bits per heavy atom. The van der Waals surface area contributed by atoms with E-state index in [2.05, 4.69) is 6.08 Å². The summed E-state index contributed by atoms with van der Waals surface area (Å²) in [6, 6.07) is 7.63. The molecule has 96 valence electrons. The van der Waals surface area contributed by atoms with E-state index in [1.54, 1.807) is 7.11 Å². The Balaban J connectivity index is 1.69. The van der Waals surface area contributed by atoms with Gasteiger partial charge >= 0.3 is 0 Å². The molecule has 2 aliphatic rings. The smallest absolute Gasteiger partial charge is 0.129 e. The molecule has 3 rings (SSSR count). The molecular formula is C15H18O3. The van der Waals surface area contributed by atoms with E-state index in [0.717, 1.165) is 30.1 Å². The first kappa shape index (κ1) is 11.6. The van der Waals surface area contributed by atoms with E-state index in [4.69, 9.17) is 14.2 Å². The van der Waals surface area contributed by atoms with Crippen LogP contribution in [0.1, 0.15) is 25.7 Å². The minimum Gasteiger partial charge on any atom is -0.497 e. The van der Waals surface area contributed by atoms with Crippen LogP contribution in [-0.2, 0) is 4.74 Å². The second-order valence-corrected chi connectivity index (χ2v) is 4.95. The van der Waals surface area contributed by atoms with Gasteiger partial charge < -0.3 is 14.2 Å². The molecule has 1 fully saturated rings. The predicted octanol–water partition coefficient (Wildman–Crippen LogP) is 3.30. The number of hydrogen-bond donors (Lipinski definition) is 0. The van der Waals surface area contributed by atoms with E-state index in [1.807, 2.05) is 24.3 Å². The Morgan fingerprint density at radius 2 is 1.72 bits per heavy atom. The summed E-state index contributed by atoms with van der Waals surface area (Å²) in [5, 5.41) is 0. The number of ether oxygens (including phenoxy) is 3. The predicted molar refractivity (Wildman–Crippen MR) is 68.9 cm³/mol. The molecule has 3 nitrogen and oxygen atoms in total. The second-order valence-electron chi connectivity index (χ2n) is 4.95. The van der Waals surface area contributed by atoms with Crippen LogP contribution in [0.15, 0.2) is 36.1 Å². The summed E-state index contributed by atoms with van der Waals surface area (Å²) in [5.41, 5.74) is -0.0260. The van der Waals surface area contributed by atoms with Gasteiger partial charge in [0.2, 0.25) is 0 Å². The molecule has 1 aliphatic carbocycles. The molecule has 0 atom stereocenters. The van der Waals surface area contributed by atoms with Crippen LogP contribution in [0.5, 0.6) is 11.5 Å². The van der Waals surface area contributed by atoms with E-state index < -0.39 is 0 Å². The zero-order valence-corrected chi connectivity index (χ0v) is 10.6. The minimum absolute atomic E-state index is 0.0260. The van der Waals surface area contributed by atoms with Crippen LogP contribution in [0.2, 0.25) is 0 Å². The highest BCUT2D eigenvalue weighted by Gasteiger charge is 2.37. The lowest BCUT2D eigenvalue weighted by Gasteiger charge is -2.18. The van der Waals surface area contributed by atoms with Crippen molar-refractivity contribution in [2.45, 2.75) is 31.3 Å². The molecule has 0 saturated heterocycles. The van der Waals surface area contributed by atoms with Crippen molar-refractivity contribution < 1.29 is 14.2 Å². The van der Waals surface area contributed by atoms with Gasteiger partial charge in [0.1, 0.15) is 23.9 Å². The third-order valence-corrected chi connectivity index (χ3v) is 3.68. The Hall–Kier alpha value is -1.48. The maximum atomic E-state index is 5.89. The maximum absolute atomic E-state index is 5.89. The van der Waals surface area contributed by atoms with Gasteiger partial charge in [-0.3, -0.25) is 0 Å². The zero-order chi connectivity index (χ0) is 12.4. The number of hydrogen-bond acceptors (Lipinski definition) is 3. The summed E-state index contributed by atoms with van der Waals surface area (Å²) in [7, 11) is 1.66. The monoisotopic (exact) mass is 246 g/mol.